The summed E-state index contributed by atoms with van der Waals surface area (Å²) in [4.78, 5) is 27.3. The highest BCUT2D eigenvalue weighted by Crippen LogP contribution is 2.35. The first-order valence-electron chi connectivity index (χ1n) is 9.70. The van der Waals surface area contributed by atoms with Crippen LogP contribution in [0.1, 0.15) is 55.4 Å². The van der Waals surface area contributed by atoms with Crippen LogP contribution in [0.2, 0.25) is 0 Å². The quantitative estimate of drug-likeness (QED) is 0.752. The van der Waals surface area contributed by atoms with Crippen LogP contribution in [0.5, 0.6) is 5.75 Å². The summed E-state index contributed by atoms with van der Waals surface area (Å²) in [6.45, 7) is 8.39. The SMILES string of the molecule is CCC1(c2ccc(OC)c(C)c2)NC(=O)N(Cc2ccc(C(C)C)cc2)C1=O. The maximum Gasteiger partial charge on any atom is 0.325 e. The van der Waals surface area contributed by atoms with Gasteiger partial charge in [-0.2, -0.15) is 0 Å². The van der Waals surface area contributed by atoms with Crippen LogP contribution < -0.4 is 10.1 Å². The first-order valence-corrected chi connectivity index (χ1v) is 9.70. The monoisotopic (exact) mass is 380 g/mol. The van der Waals surface area contributed by atoms with E-state index in [0.29, 0.717) is 12.3 Å². The standard InChI is InChI=1S/C23H28N2O3/c1-6-23(19-11-12-20(28-5)16(4)13-19)21(26)25(22(27)24-23)14-17-7-9-18(10-8-17)15(2)3/h7-13,15H,6,14H2,1-5H3,(H,24,27). The summed E-state index contributed by atoms with van der Waals surface area (Å²) >= 11 is 0. The summed E-state index contributed by atoms with van der Waals surface area (Å²) in [7, 11) is 1.62. The fourth-order valence-corrected chi connectivity index (χ4v) is 3.74. The number of nitrogens with one attached hydrogen (secondary N) is 1. The van der Waals surface area contributed by atoms with Gasteiger partial charge in [-0.25, -0.2) is 4.79 Å². The van der Waals surface area contributed by atoms with Crippen LogP contribution in [0.15, 0.2) is 42.5 Å². The van der Waals surface area contributed by atoms with Crippen molar-refractivity contribution in [2.24, 2.45) is 0 Å². The van der Waals surface area contributed by atoms with Gasteiger partial charge in [0.2, 0.25) is 0 Å². The lowest BCUT2D eigenvalue weighted by molar-refractivity contribution is -0.132. The van der Waals surface area contributed by atoms with E-state index in [-0.39, 0.29) is 18.5 Å². The molecule has 148 valence electrons. The predicted octanol–water partition coefficient (Wildman–Crippen LogP) is 4.48. The summed E-state index contributed by atoms with van der Waals surface area (Å²) in [5, 5.41) is 2.94. The number of hydrogen-bond acceptors (Lipinski definition) is 3. The number of hydrogen-bond donors (Lipinski definition) is 1. The Bertz CT molecular complexity index is 889. The number of rotatable bonds is 6. The second-order valence-corrected chi connectivity index (χ2v) is 7.66. The Labute approximate surface area is 166 Å². The molecule has 1 fully saturated rings. The van der Waals surface area contributed by atoms with Crippen molar-refractivity contribution in [3.05, 3.63) is 64.7 Å². The summed E-state index contributed by atoms with van der Waals surface area (Å²) in [5.41, 5.74) is 2.84. The zero-order valence-corrected chi connectivity index (χ0v) is 17.2. The molecule has 0 aliphatic carbocycles. The van der Waals surface area contributed by atoms with E-state index in [4.69, 9.17) is 4.74 Å². The third-order valence-electron chi connectivity index (χ3n) is 5.58. The second kappa shape index (κ2) is 7.66. The van der Waals surface area contributed by atoms with Crippen LogP contribution in [0.4, 0.5) is 4.79 Å². The van der Waals surface area contributed by atoms with Gasteiger partial charge in [-0.05, 0) is 53.6 Å². The van der Waals surface area contributed by atoms with E-state index in [0.717, 1.165) is 22.4 Å². The van der Waals surface area contributed by atoms with Crippen LogP contribution in [-0.4, -0.2) is 23.9 Å². The molecule has 1 heterocycles. The lowest BCUT2D eigenvalue weighted by atomic mass is 9.86. The van der Waals surface area contributed by atoms with Crippen LogP contribution in [0, 0.1) is 6.92 Å². The largest absolute Gasteiger partial charge is 0.496 e. The lowest BCUT2D eigenvalue weighted by Gasteiger charge is -2.26. The summed E-state index contributed by atoms with van der Waals surface area (Å²) < 4.78 is 5.32. The molecular weight excluding hydrogens is 352 g/mol. The van der Waals surface area contributed by atoms with Gasteiger partial charge in [-0.3, -0.25) is 9.69 Å². The molecule has 28 heavy (non-hydrogen) atoms. The molecule has 1 aliphatic heterocycles. The molecule has 2 aromatic rings. The number of aryl methyl sites for hydroxylation is 1. The van der Waals surface area contributed by atoms with Gasteiger partial charge in [0.25, 0.3) is 5.91 Å². The molecule has 5 heteroatoms. The van der Waals surface area contributed by atoms with E-state index < -0.39 is 5.54 Å². The molecule has 1 saturated heterocycles. The molecule has 0 spiro atoms. The number of amides is 3. The number of methoxy groups -OCH3 is 1. The van der Waals surface area contributed by atoms with Crippen molar-refractivity contribution in [3.8, 4) is 5.75 Å². The van der Waals surface area contributed by atoms with Crippen LogP contribution in [0.3, 0.4) is 0 Å². The molecule has 5 nitrogen and oxygen atoms in total. The van der Waals surface area contributed by atoms with Crippen LogP contribution >= 0.6 is 0 Å². The highest BCUT2D eigenvalue weighted by Gasteiger charge is 2.51. The van der Waals surface area contributed by atoms with Crippen LogP contribution in [-0.2, 0) is 16.9 Å². The van der Waals surface area contributed by atoms with Crippen molar-refractivity contribution < 1.29 is 14.3 Å². The summed E-state index contributed by atoms with van der Waals surface area (Å²) in [6, 6.07) is 13.3. The van der Waals surface area contributed by atoms with Gasteiger partial charge < -0.3 is 10.1 Å². The molecular formula is C23H28N2O3. The maximum absolute atomic E-state index is 13.3. The van der Waals surface area contributed by atoms with Crippen molar-refractivity contribution >= 4 is 11.9 Å². The zero-order valence-electron chi connectivity index (χ0n) is 17.2. The predicted molar refractivity (Wildman–Crippen MR) is 109 cm³/mol. The molecule has 3 rings (SSSR count). The first kappa shape index (κ1) is 19.9. The van der Waals surface area contributed by atoms with E-state index in [9.17, 15) is 9.59 Å². The van der Waals surface area contributed by atoms with Gasteiger partial charge >= 0.3 is 6.03 Å². The normalized spacial score (nSPS) is 19.3. The minimum Gasteiger partial charge on any atom is -0.496 e. The van der Waals surface area contributed by atoms with Gasteiger partial charge in [0.1, 0.15) is 11.3 Å². The van der Waals surface area contributed by atoms with E-state index in [1.807, 2.05) is 44.2 Å². The fraction of sp³-hybridized carbons (Fsp3) is 0.391. The third-order valence-corrected chi connectivity index (χ3v) is 5.58. The Morgan fingerprint density at radius 3 is 2.32 bits per heavy atom. The summed E-state index contributed by atoms with van der Waals surface area (Å²) in [6.07, 6.45) is 0.478. The number of nitrogens with zero attached hydrogens (tertiary/aromatic N) is 1. The number of imide groups is 1. The minimum atomic E-state index is -1.04. The molecule has 1 N–H and O–H groups in total. The van der Waals surface area contributed by atoms with Crippen molar-refractivity contribution in [2.45, 2.75) is 52.1 Å². The van der Waals surface area contributed by atoms with Gasteiger partial charge in [-0.1, -0.05) is 51.1 Å². The average molecular weight is 380 g/mol. The zero-order chi connectivity index (χ0) is 20.5. The van der Waals surface area contributed by atoms with Gasteiger partial charge in [-0.15, -0.1) is 0 Å². The van der Waals surface area contributed by atoms with Gasteiger partial charge in [0.15, 0.2) is 0 Å². The number of urea groups is 1. The highest BCUT2D eigenvalue weighted by atomic mass is 16.5. The Balaban J connectivity index is 1.89. The molecule has 0 radical (unpaired) electrons. The van der Waals surface area contributed by atoms with Crippen molar-refractivity contribution in [1.82, 2.24) is 10.2 Å². The number of carbonyl (C=O) groups excluding carboxylic acids is 2. The number of benzene rings is 2. The molecule has 1 atom stereocenters. The Morgan fingerprint density at radius 2 is 1.79 bits per heavy atom. The van der Waals surface area contributed by atoms with Crippen molar-refractivity contribution in [1.29, 1.82) is 0 Å². The van der Waals surface area contributed by atoms with E-state index in [1.165, 1.54) is 10.5 Å². The van der Waals surface area contributed by atoms with E-state index in [2.05, 4.69) is 31.3 Å². The lowest BCUT2D eigenvalue weighted by Crippen LogP contribution is -2.43. The Morgan fingerprint density at radius 1 is 1.11 bits per heavy atom. The average Bonchev–Trinajstić information content (AvgIpc) is 2.93. The number of ether oxygens (including phenoxy) is 1. The molecule has 2 aromatic carbocycles. The Kier molecular flexibility index (Phi) is 5.45. The summed E-state index contributed by atoms with van der Waals surface area (Å²) in [5.74, 6) is 0.989. The Hall–Kier alpha value is -2.82. The van der Waals surface area contributed by atoms with E-state index in [1.54, 1.807) is 7.11 Å². The molecule has 0 saturated carbocycles. The molecule has 1 unspecified atom stereocenters. The smallest absolute Gasteiger partial charge is 0.325 e. The maximum atomic E-state index is 13.3. The van der Waals surface area contributed by atoms with Crippen molar-refractivity contribution in [2.75, 3.05) is 7.11 Å². The second-order valence-electron chi connectivity index (χ2n) is 7.66. The fourth-order valence-electron chi connectivity index (χ4n) is 3.74. The molecule has 1 aliphatic rings. The van der Waals surface area contributed by atoms with Crippen LogP contribution in [0.25, 0.3) is 0 Å². The van der Waals surface area contributed by atoms with Gasteiger partial charge in [0.05, 0.1) is 13.7 Å². The minimum absolute atomic E-state index is 0.211. The molecule has 0 aromatic heterocycles. The first-order chi connectivity index (χ1) is 13.3. The number of carbonyl (C=O) groups is 2. The molecule has 3 amide bonds. The van der Waals surface area contributed by atoms with Crippen molar-refractivity contribution in [3.63, 3.8) is 0 Å². The van der Waals surface area contributed by atoms with E-state index >= 15 is 0 Å². The highest BCUT2D eigenvalue weighted by molar-refractivity contribution is 6.07. The topological polar surface area (TPSA) is 58.6 Å². The van der Waals surface area contributed by atoms with Gasteiger partial charge in [0, 0.05) is 0 Å². The third kappa shape index (κ3) is 3.37. The molecule has 0 bridgehead atoms.